The van der Waals surface area contributed by atoms with E-state index in [0.717, 1.165) is 24.8 Å². The van der Waals surface area contributed by atoms with Gasteiger partial charge in [-0.1, -0.05) is 55.8 Å². The molecule has 0 radical (unpaired) electrons. The first kappa shape index (κ1) is 24.6. The zero-order valence-electron chi connectivity index (χ0n) is 21.4. The van der Waals surface area contributed by atoms with E-state index < -0.39 is 17.9 Å². The van der Waals surface area contributed by atoms with Crippen molar-refractivity contribution >= 4 is 29.4 Å². The molecule has 0 aromatic heterocycles. The molecule has 0 spiro atoms. The zero-order valence-corrected chi connectivity index (χ0v) is 21.4. The fourth-order valence-electron chi connectivity index (χ4n) is 6.73. The second-order valence-corrected chi connectivity index (χ2v) is 11.0. The van der Waals surface area contributed by atoms with Gasteiger partial charge < -0.3 is 10.1 Å². The second kappa shape index (κ2) is 9.86. The first-order chi connectivity index (χ1) is 18.5. The lowest BCUT2D eigenvalue weighted by atomic mass is 9.63. The Labute approximate surface area is 222 Å². The monoisotopic (exact) mass is 512 g/mol. The Bertz CT molecular complexity index is 1250. The highest BCUT2D eigenvalue weighted by Crippen LogP contribution is 2.65. The van der Waals surface area contributed by atoms with Crippen LogP contribution in [-0.4, -0.2) is 41.2 Å². The molecule has 2 aromatic rings. The summed E-state index contributed by atoms with van der Waals surface area (Å²) in [5, 5.41) is 2.88. The summed E-state index contributed by atoms with van der Waals surface area (Å²) in [7, 11) is 0. The summed E-state index contributed by atoms with van der Waals surface area (Å²) in [6.07, 6.45) is 7.33. The van der Waals surface area contributed by atoms with Crippen LogP contribution in [0.2, 0.25) is 0 Å². The molecule has 38 heavy (non-hydrogen) atoms. The molecule has 5 aliphatic rings. The lowest BCUT2D eigenvalue weighted by molar-refractivity contribution is -0.146. The third-order valence-electron chi connectivity index (χ3n) is 8.70. The fourth-order valence-corrected chi connectivity index (χ4v) is 6.73. The quantitative estimate of drug-likeness (QED) is 0.235. The summed E-state index contributed by atoms with van der Waals surface area (Å²) < 4.78 is 5.25. The van der Waals surface area contributed by atoms with Gasteiger partial charge in [0.25, 0.3) is 0 Å². The summed E-state index contributed by atoms with van der Waals surface area (Å²) in [5.74, 6) is -0.781. The zero-order chi connectivity index (χ0) is 26.4. The molecule has 1 saturated heterocycles. The van der Waals surface area contributed by atoms with Crippen molar-refractivity contribution in [3.05, 3.63) is 77.9 Å². The van der Waals surface area contributed by atoms with Crippen LogP contribution in [0, 0.1) is 35.5 Å². The molecule has 3 fully saturated rings. The van der Waals surface area contributed by atoms with Crippen LogP contribution in [0.3, 0.4) is 0 Å². The molecule has 4 aliphatic carbocycles. The lowest BCUT2D eigenvalue weighted by Gasteiger charge is -2.37. The minimum atomic E-state index is -0.961. The van der Waals surface area contributed by atoms with Gasteiger partial charge in [0.05, 0.1) is 24.0 Å². The van der Waals surface area contributed by atoms with E-state index in [9.17, 15) is 19.2 Å². The molecule has 1 N–H and O–H groups in total. The van der Waals surface area contributed by atoms with Crippen molar-refractivity contribution in [3.63, 3.8) is 0 Å². The molecule has 0 unspecified atom stereocenters. The van der Waals surface area contributed by atoms with Crippen LogP contribution >= 0.6 is 0 Å². The van der Waals surface area contributed by atoms with Crippen molar-refractivity contribution in [1.29, 1.82) is 0 Å². The lowest BCUT2D eigenvalue weighted by Crippen LogP contribution is -2.49. The van der Waals surface area contributed by atoms with Crippen LogP contribution < -0.4 is 5.32 Å². The van der Waals surface area contributed by atoms with Crippen molar-refractivity contribution in [2.45, 2.75) is 38.6 Å². The van der Waals surface area contributed by atoms with Gasteiger partial charge in [-0.15, -0.1) is 0 Å². The summed E-state index contributed by atoms with van der Waals surface area (Å²) in [4.78, 5) is 54.7. The van der Waals surface area contributed by atoms with Crippen molar-refractivity contribution in [2.24, 2.45) is 35.5 Å². The second-order valence-electron chi connectivity index (χ2n) is 11.0. The average Bonchev–Trinajstić information content (AvgIpc) is 3.72. The van der Waals surface area contributed by atoms with E-state index in [1.54, 1.807) is 24.3 Å². The van der Waals surface area contributed by atoms with Crippen LogP contribution in [0.4, 0.5) is 5.69 Å². The number of allylic oxidation sites excluding steroid dienone is 2. The number of amides is 3. The number of nitrogens with one attached hydrogen (secondary N) is 1. The Balaban J connectivity index is 1.22. The molecule has 2 saturated carbocycles. The predicted octanol–water partition coefficient (Wildman–Crippen LogP) is 4.25. The largest absolute Gasteiger partial charge is 0.462 e. The van der Waals surface area contributed by atoms with E-state index in [0.29, 0.717) is 29.7 Å². The molecule has 1 aliphatic heterocycles. The maximum absolute atomic E-state index is 13.8. The average molecular weight is 513 g/mol. The van der Waals surface area contributed by atoms with E-state index in [4.69, 9.17) is 4.74 Å². The number of ether oxygens (including phenoxy) is 1. The van der Waals surface area contributed by atoms with E-state index >= 15 is 0 Å². The number of imide groups is 1. The van der Waals surface area contributed by atoms with Crippen molar-refractivity contribution in [1.82, 2.24) is 4.90 Å². The number of hydrogen-bond acceptors (Lipinski definition) is 5. The van der Waals surface area contributed by atoms with Crippen LogP contribution in [0.15, 0.2) is 66.7 Å². The number of carbonyl (C=O) groups is 4. The van der Waals surface area contributed by atoms with Gasteiger partial charge in [0, 0.05) is 12.1 Å². The van der Waals surface area contributed by atoms with Crippen LogP contribution in [0.1, 0.15) is 42.1 Å². The van der Waals surface area contributed by atoms with Crippen LogP contribution in [0.5, 0.6) is 0 Å². The Morgan fingerprint density at radius 3 is 2.18 bits per heavy atom. The Kier molecular flexibility index (Phi) is 6.38. The van der Waals surface area contributed by atoms with E-state index in [1.165, 1.54) is 4.90 Å². The van der Waals surface area contributed by atoms with Gasteiger partial charge in [0.1, 0.15) is 6.04 Å². The van der Waals surface area contributed by atoms with Gasteiger partial charge in [-0.3, -0.25) is 19.3 Å². The molecule has 3 amide bonds. The van der Waals surface area contributed by atoms with Gasteiger partial charge in [-0.2, -0.15) is 0 Å². The molecule has 2 bridgehead atoms. The molecular weight excluding hydrogens is 480 g/mol. The normalized spacial score (nSPS) is 29.0. The van der Waals surface area contributed by atoms with Crippen molar-refractivity contribution in [3.8, 4) is 0 Å². The number of nitrogens with zero attached hydrogens (tertiary/aromatic N) is 1. The standard InChI is InChI=1S/C31H32N2O5/c1-2-3-15-38-31(37)19-9-11-20(12-10-19)32-28(34)25(16-18-7-5-4-6-8-18)33-29(35)26-21-13-14-22(24-17-23(21)24)27(26)30(33)36/h4-14,21-27H,2-3,15-17H2,1H3,(H,32,34)/t21-,22-,23-,24+,25-,26-,27+/m0/s1. The third kappa shape index (κ3) is 4.24. The Hall–Kier alpha value is -3.74. The number of esters is 1. The predicted molar refractivity (Wildman–Crippen MR) is 141 cm³/mol. The summed E-state index contributed by atoms with van der Waals surface area (Å²) in [6, 6.07) is 15.0. The highest BCUT2D eigenvalue weighted by Gasteiger charge is 2.67. The van der Waals surface area contributed by atoms with Gasteiger partial charge in [0.15, 0.2) is 0 Å². The van der Waals surface area contributed by atoms with Crippen LogP contribution in [-0.2, 0) is 25.5 Å². The number of hydrogen-bond donors (Lipinski definition) is 1. The fraction of sp³-hybridized carbons (Fsp3) is 0.419. The highest BCUT2D eigenvalue weighted by atomic mass is 16.5. The number of rotatable bonds is 9. The maximum atomic E-state index is 13.8. The van der Waals surface area contributed by atoms with Crippen molar-refractivity contribution in [2.75, 3.05) is 11.9 Å². The molecule has 7 nitrogen and oxygen atoms in total. The van der Waals surface area contributed by atoms with Gasteiger partial charge in [-0.25, -0.2) is 4.79 Å². The molecule has 2 aromatic carbocycles. The van der Waals surface area contributed by atoms with Crippen molar-refractivity contribution < 1.29 is 23.9 Å². The molecule has 1 heterocycles. The molecule has 196 valence electrons. The Morgan fingerprint density at radius 2 is 1.58 bits per heavy atom. The van der Waals surface area contributed by atoms with Gasteiger partial charge in [0.2, 0.25) is 17.7 Å². The molecule has 7 rings (SSSR count). The third-order valence-corrected chi connectivity index (χ3v) is 8.70. The SMILES string of the molecule is CCCCOC(=O)c1ccc(NC(=O)[C@H](Cc2ccccc2)N2C(=O)[C@@H]3[C@H]4C=C[C@@H]([C@@H]5C[C@H]45)[C@@H]3C2=O)cc1. The van der Waals surface area contributed by atoms with Gasteiger partial charge in [-0.05, 0) is 66.3 Å². The summed E-state index contributed by atoms with van der Waals surface area (Å²) >= 11 is 0. The Morgan fingerprint density at radius 1 is 0.947 bits per heavy atom. The highest BCUT2D eigenvalue weighted by molar-refractivity contribution is 6.10. The van der Waals surface area contributed by atoms with E-state index in [-0.39, 0.29) is 41.9 Å². The number of benzene rings is 2. The minimum absolute atomic E-state index is 0.0986. The molecular formula is C31H32N2O5. The molecule has 7 heteroatoms. The summed E-state index contributed by atoms with van der Waals surface area (Å²) in [5.41, 5.74) is 1.75. The van der Waals surface area contributed by atoms with Gasteiger partial charge >= 0.3 is 5.97 Å². The number of likely N-dealkylation sites (tertiary alicyclic amines) is 1. The number of unbranched alkanes of at least 4 members (excludes halogenated alkanes) is 1. The first-order valence-electron chi connectivity index (χ1n) is 13.6. The first-order valence-corrected chi connectivity index (χ1v) is 13.6. The van der Waals surface area contributed by atoms with E-state index in [1.807, 2.05) is 37.3 Å². The van der Waals surface area contributed by atoms with E-state index in [2.05, 4.69) is 17.5 Å². The van der Waals surface area contributed by atoms with Crippen LogP contribution in [0.25, 0.3) is 0 Å². The minimum Gasteiger partial charge on any atom is -0.462 e. The number of carbonyl (C=O) groups excluding carboxylic acids is 4. The smallest absolute Gasteiger partial charge is 0.338 e. The molecule has 7 atom stereocenters. The maximum Gasteiger partial charge on any atom is 0.338 e. The summed E-state index contributed by atoms with van der Waals surface area (Å²) in [6.45, 7) is 2.39. The topological polar surface area (TPSA) is 92.8 Å². The number of anilines is 1.